The standard InChI is InChI=1S/C25H28ClNO4/c1-25(2)20-11-17-14-27(13-15-4-3-5-16(10-15)24(28)29)9-8-21(17)30-23(20)19-12-18(26)6-7-22(19)31-25/h3-7,10,12,17,20-21,23H,8-9,11,13-14H2,1-2H3,(H,28,29)/t17-,20+,21+,23-/m0/s1. The number of carboxylic acids is 1. The summed E-state index contributed by atoms with van der Waals surface area (Å²) in [4.78, 5) is 13.7. The number of likely N-dealkylation sites (tertiary alicyclic amines) is 1. The fraction of sp³-hybridized carbons (Fsp3) is 0.480. The molecule has 5 rings (SSSR count). The van der Waals surface area contributed by atoms with Crippen LogP contribution in [0, 0.1) is 11.8 Å². The molecular weight excluding hydrogens is 414 g/mol. The molecule has 0 spiro atoms. The number of piperidine rings is 1. The topological polar surface area (TPSA) is 59.0 Å². The molecular formula is C25H28ClNO4. The first-order valence-electron chi connectivity index (χ1n) is 11.0. The van der Waals surface area contributed by atoms with E-state index in [0.717, 1.165) is 49.4 Å². The number of ether oxygens (including phenoxy) is 2. The van der Waals surface area contributed by atoms with Crippen molar-refractivity contribution < 1.29 is 19.4 Å². The molecule has 0 radical (unpaired) electrons. The summed E-state index contributed by atoms with van der Waals surface area (Å²) < 4.78 is 13.1. The number of halogens is 1. The van der Waals surface area contributed by atoms with E-state index in [2.05, 4.69) is 18.7 Å². The van der Waals surface area contributed by atoms with Gasteiger partial charge in [-0.05, 0) is 68.5 Å². The van der Waals surface area contributed by atoms with E-state index in [1.54, 1.807) is 12.1 Å². The molecule has 2 aromatic carbocycles. The monoisotopic (exact) mass is 441 g/mol. The van der Waals surface area contributed by atoms with Crippen molar-refractivity contribution in [2.75, 3.05) is 13.1 Å². The number of hydrogen-bond acceptors (Lipinski definition) is 4. The van der Waals surface area contributed by atoms with Gasteiger partial charge in [-0.15, -0.1) is 0 Å². The van der Waals surface area contributed by atoms with E-state index in [1.165, 1.54) is 0 Å². The highest BCUT2D eigenvalue weighted by molar-refractivity contribution is 6.30. The van der Waals surface area contributed by atoms with Gasteiger partial charge in [0.25, 0.3) is 0 Å². The van der Waals surface area contributed by atoms with Crippen LogP contribution >= 0.6 is 11.6 Å². The van der Waals surface area contributed by atoms with E-state index < -0.39 is 5.97 Å². The van der Waals surface area contributed by atoms with Gasteiger partial charge in [-0.1, -0.05) is 23.7 Å². The molecule has 4 atom stereocenters. The van der Waals surface area contributed by atoms with Crippen LogP contribution in [0.3, 0.4) is 0 Å². The van der Waals surface area contributed by atoms with Gasteiger partial charge in [-0.25, -0.2) is 4.79 Å². The molecule has 2 saturated heterocycles. The second-order valence-corrected chi connectivity index (χ2v) is 10.1. The molecule has 1 N–H and O–H groups in total. The molecule has 3 aliphatic heterocycles. The smallest absolute Gasteiger partial charge is 0.335 e. The largest absolute Gasteiger partial charge is 0.487 e. The summed E-state index contributed by atoms with van der Waals surface area (Å²) in [5.41, 5.74) is 2.14. The molecule has 164 valence electrons. The second-order valence-electron chi connectivity index (χ2n) is 9.61. The lowest BCUT2D eigenvalue weighted by Crippen LogP contribution is -2.55. The van der Waals surface area contributed by atoms with Crippen LogP contribution in [-0.4, -0.2) is 40.8 Å². The zero-order chi connectivity index (χ0) is 21.8. The zero-order valence-corrected chi connectivity index (χ0v) is 18.6. The average Bonchev–Trinajstić information content (AvgIpc) is 2.73. The molecule has 2 fully saturated rings. The average molecular weight is 442 g/mol. The van der Waals surface area contributed by atoms with E-state index in [-0.39, 0.29) is 23.7 Å². The van der Waals surface area contributed by atoms with E-state index in [4.69, 9.17) is 21.1 Å². The summed E-state index contributed by atoms with van der Waals surface area (Å²) in [5, 5.41) is 9.98. The molecule has 0 bridgehead atoms. The molecule has 0 aromatic heterocycles. The Kier molecular flexibility index (Phi) is 5.24. The Balaban J connectivity index is 1.33. The van der Waals surface area contributed by atoms with Gasteiger partial charge in [-0.2, -0.15) is 0 Å². The van der Waals surface area contributed by atoms with Crippen molar-refractivity contribution in [3.63, 3.8) is 0 Å². The minimum absolute atomic E-state index is 0.0116. The number of rotatable bonds is 3. The van der Waals surface area contributed by atoms with E-state index in [9.17, 15) is 9.90 Å². The van der Waals surface area contributed by atoms with Gasteiger partial charge in [0.15, 0.2) is 0 Å². The van der Waals surface area contributed by atoms with Crippen LogP contribution in [0.4, 0.5) is 0 Å². The maximum Gasteiger partial charge on any atom is 0.335 e. The lowest BCUT2D eigenvalue weighted by molar-refractivity contribution is -0.187. The number of carbonyl (C=O) groups is 1. The van der Waals surface area contributed by atoms with Crippen LogP contribution in [0.2, 0.25) is 5.02 Å². The normalized spacial score (nSPS) is 29.3. The molecule has 0 amide bonds. The summed E-state index contributed by atoms with van der Waals surface area (Å²) in [7, 11) is 0. The number of aromatic carboxylic acids is 1. The predicted octanol–water partition coefficient (Wildman–Crippen LogP) is 5.18. The van der Waals surface area contributed by atoms with E-state index in [1.807, 2.05) is 30.3 Å². The number of nitrogens with zero attached hydrogens (tertiary/aromatic N) is 1. The van der Waals surface area contributed by atoms with Gasteiger partial charge in [0.05, 0.1) is 17.8 Å². The third-order valence-corrected chi connectivity index (χ3v) is 7.35. The maximum atomic E-state index is 11.3. The third kappa shape index (κ3) is 3.95. The molecule has 2 aromatic rings. The lowest BCUT2D eigenvalue weighted by Gasteiger charge is -2.53. The van der Waals surface area contributed by atoms with E-state index >= 15 is 0 Å². The van der Waals surface area contributed by atoms with Crippen molar-refractivity contribution in [3.8, 4) is 5.75 Å². The molecule has 3 heterocycles. The zero-order valence-electron chi connectivity index (χ0n) is 17.9. The Labute approximate surface area is 187 Å². The first-order valence-corrected chi connectivity index (χ1v) is 11.4. The van der Waals surface area contributed by atoms with Crippen molar-refractivity contribution in [2.24, 2.45) is 11.8 Å². The van der Waals surface area contributed by atoms with Gasteiger partial charge in [0, 0.05) is 36.1 Å². The number of carboxylic acid groups (broad SMARTS) is 1. The minimum Gasteiger partial charge on any atom is -0.487 e. The highest BCUT2D eigenvalue weighted by atomic mass is 35.5. The second kappa shape index (κ2) is 7.80. The number of hydrogen-bond donors (Lipinski definition) is 1. The minimum atomic E-state index is -0.882. The van der Waals surface area contributed by atoms with E-state index in [0.29, 0.717) is 16.5 Å². The van der Waals surface area contributed by atoms with Gasteiger partial charge < -0.3 is 14.6 Å². The highest BCUT2D eigenvalue weighted by Crippen LogP contribution is 2.53. The van der Waals surface area contributed by atoms with Crippen LogP contribution < -0.4 is 4.74 Å². The molecule has 3 aliphatic rings. The Morgan fingerprint density at radius 2 is 2.10 bits per heavy atom. The first-order chi connectivity index (χ1) is 14.8. The van der Waals surface area contributed by atoms with Gasteiger partial charge in [0.1, 0.15) is 11.4 Å². The molecule has 31 heavy (non-hydrogen) atoms. The van der Waals surface area contributed by atoms with Crippen LogP contribution in [0.1, 0.15) is 54.3 Å². The Hall–Kier alpha value is -2.08. The van der Waals surface area contributed by atoms with Gasteiger partial charge in [-0.3, -0.25) is 4.90 Å². The fourth-order valence-electron chi connectivity index (χ4n) is 5.56. The molecule has 0 unspecified atom stereocenters. The Bertz CT molecular complexity index is 1010. The van der Waals surface area contributed by atoms with Crippen LogP contribution in [0.15, 0.2) is 42.5 Å². The predicted molar refractivity (Wildman–Crippen MR) is 119 cm³/mol. The van der Waals surface area contributed by atoms with Crippen LogP contribution in [0.25, 0.3) is 0 Å². The van der Waals surface area contributed by atoms with Crippen molar-refractivity contribution in [1.82, 2.24) is 4.90 Å². The van der Waals surface area contributed by atoms with Crippen molar-refractivity contribution in [1.29, 1.82) is 0 Å². The van der Waals surface area contributed by atoms with Crippen molar-refractivity contribution in [2.45, 2.75) is 51.0 Å². The first kappa shape index (κ1) is 20.8. The molecule has 0 saturated carbocycles. The summed E-state index contributed by atoms with van der Waals surface area (Å²) in [5.74, 6) is 0.688. The SMILES string of the molecule is CC1(C)Oc2ccc(Cl)cc2[C@@H]2O[C@@H]3CCN(Cc4cccc(C(=O)O)c4)C[C@@H]3C[C@H]21. The number of benzene rings is 2. The Morgan fingerprint density at radius 3 is 2.90 bits per heavy atom. The van der Waals surface area contributed by atoms with Gasteiger partial charge in [0.2, 0.25) is 0 Å². The van der Waals surface area contributed by atoms with Crippen LogP contribution in [0.5, 0.6) is 5.75 Å². The summed E-state index contributed by atoms with van der Waals surface area (Å²) in [6, 6.07) is 13.1. The summed E-state index contributed by atoms with van der Waals surface area (Å²) >= 11 is 6.29. The fourth-order valence-corrected chi connectivity index (χ4v) is 5.74. The molecule has 6 heteroatoms. The summed E-state index contributed by atoms with van der Waals surface area (Å²) in [6.45, 7) is 6.96. The highest BCUT2D eigenvalue weighted by Gasteiger charge is 2.51. The molecule has 0 aliphatic carbocycles. The maximum absolute atomic E-state index is 11.3. The van der Waals surface area contributed by atoms with Crippen molar-refractivity contribution in [3.05, 3.63) is 64.2 Å². The number of fused-ring (bicyclic) bond motifs is 4. The van der Waals surface area contributed by atoms with Crippen molar-refractivity contribution >= 4 is 17.6 Å². The van der Waals surface area contributed by atoms with Crippen LogP contribution in [-0.2, 0) is 11.3 Å². The Morgan fingerprint density at radius 1 is 1.26 bits per heavy atom. The quantitative estimate of drug-likeness (QED) is 0.711. The van der Waals surface area contributed by atoms with Gasteiger partial charge >= 0.3 is 5.97 Å². The third-order valence-electron chi connectivity index (χ3n) is 7.12. The lowest BCUT2D eigenvalue weighted by atomic mass is 9.70. The summed E-state index contributed by atoms with van der Waals surface area (Å²) in [6.07, 6.45) is 2.25. The molecule has 5 nitrogen and oxygen atoms in total.